The molecule has 3 aromatic carbocycles. The Labute approximate surface area is 228 Å². The van der Waals surface area contributed by atoms with Crippen molar-refractivity contribution in [2.24, 2.45) is 0 Å². The van der Waals surface area contributed by atoms with Gasteiger partial charge in [0.2, 0.25) is 5.28 Å². The van der Waals surface area contributed by atoms with E-state index in [-0.39, 0.29) is 11.0 Å². The number of rotatable bonds is 8. The third-order valence-electron chi connectivity index (χ3n) is 5.29. The fourth-order valence-corrected chi connectivity index (χ4v) is 7.65. The molecule has 0 radical (unpaired) electrons. The molecule has 0 aliphatic heterocycles. The number of nitrogens with zero attached hydrogens (tertiary/aromatic N) is 3. The molecular weight excluding hydrogens is 605 g/mol. The summed E-state index contributed by atoms with van der Waals surface area (Å²) in [5.41, 5.74) is -2.35. The van der Waals surface area contributed by atoms with Gasteiger partial charge in [-0.3, -0.25) is 4.79 Å². The molecule has 0 unspecified atom stereocenters. The zero-order chi connectivity index (χ0) is 29.4. The fraction of sp³-hybridized carbons (Fsp3) is 0.0417. The van der Waals surface area contributed by atoms with E-state index in [4.69, 9.17) is 11.6 Å². The highest BCUT2D eigenvalue weighted by Gasteiger charge is 2.44. The maximum atomic E-state index is 15.8. The summed E-state index contributed by atoms with van der Waals surface area (Å²) in [4.78, 5) is 16.5. The molecule has 1 aromatic heterocycles. The van der Waals surface area contributed by atoms with E-state index in [0.717, 1.165) is 24.3 Å². The molecule has 0 aliphatic carbocycles. The van der Waals surface area contributed by atoms with Gasteiger partial charge in [-0.25, -0.2) is 31.9 Å². The summed E-state index contributed by atoms with van der Waals surface area (Å²) in [7, 11) is -12.0. The molecule has 4 rings (SSSR count). The molecule has 0 aliphatic rings. The molecule has 0 bridgehead atoms. The van der Waals surface area contributed by atoms with Gasteiger partial charge in [-0.2, -0.15) is 20.5 Å². The van der Waals surface area contributed by atoms with Gasteiger partial charge < -0.3 is 0 Å². The Morgan fingerprint density at radius 1 is 0.750 bits per heavy atom. The first-order valence-corrected chi connectivity index (χ1v) is 14.0. The average molecular weight is 618 g/mol. The van der Waals surface area contributed by atoms with Crippen molar-refractivity contribution in [3.8, 4) is 0 Å². The molecule has 1 heterocycles. The maximum absolute atomic E-state index is 15.8. The number of ketones is 1. The summed E-state index contributed by atoms with van der Waals surface area (Å²) in [6.07, 6.45) is 0.573. The van der Waals surface area contributed by atoms with E-state index < -0.39 is 86.1 Å². The number of Topliss-reactive ketones (excluding diaryl/α,β-unsaturated/α-hetero) is 1. The van der Waals surface area contributed by atoms with Crippen LogP contribution < -0.4 is 3.71 Å². The Morgan fingerprint density at radius 2 is 1.23 bits per heavy atom. The Kier molecular flexibility index (Phi) is 7.92. The van der Waals surface area contributed by atoms with Gasteiger partial charge in [-0.1, -0.05) is 18.2 Å². The zero-order valence-corrected chi connectivity index (χ0v) is 21.9. The minimum Gasteiger partial charge on any atom is -0.294 e. The molecule has 0 amide bonds. The van der Waals surface area contributed by atoms with Crippen molar-refractivity contribution in [2.45, 2.75) is 16.2 Å². The minimum absolute atomic E-state index is 0.00811. The smallest absolute Gasteiger partial charge is 0.283 e. The van der Waals surface area contributed by atoms with Crippen molar-refractivity contribution < 1.29 is 43.6 Å². The van der Waals surface area contributed by atoms with Gasteiger partial charge in [0.1, 0.15) is 29.0 Å². The van der Waals surface area contributed by atoms with Crippen LogP contribution in [0.2, 0.25) is 5.28 Å². The number of hydrogen-bond donors (Lipinski definition) is 0. The molecule has 40 heavy (non-hydrogen) atoms. The van der Waals surface area contributed by atoms with Crippen molar-refractivity contribution in [3.05, 3.63) is 112 Å². The topological polar surface area (TPSA) is 114 Å². The fourth-order valence-electron chi connectivity index (χ4n) is 3.62. The van der Waals surface area contributed by atoms with Gasteiger partial charge >= 0.3 is 0 Å². The second-order valence-corrected chi connectivity index (χ2v) is 11.9. The molecular formula is C24H13ClF5N3O5S2. The van der Waals surface area contributed by atoms with Gasteiger partial charge in [0.05, 0.1) is 17.7 Å². The van der Waals surface area contributed by atoms with Gasteiger partial charge in [-0.15, -0.1) is 0 Å². The first-order chi connectivity index (χ1) is 18.8. The predicted molar refractivity (Wildman–Crippen MR) is 131 cm³/mol. The summed E-state index contributed by atoms with van der Waals surface area (Å²) in [5, 5.41) is -0.248. The molecule has 8 nitrogen and oxygen atoms in total. The van der Waals surface area contributed by atoms with Crippen LogP contribution in [0.5, 0.6) is 0 Å². The van der Waals surface area contributed by atoms with Gasteiger partial charge in [-0.05, 0) is 54.1 Å². The van der Waals surface area contributed by atoms with E-state index in [9.17, 15) is 39.2 Å². The van der Waals surface area contributed by atoms with Crippen molar-refractivity contribution in [3.63, 3.8) is 0 Å². The normalized spacial score (nSPS) is 11.8. The summed E-state index contributed by atoms with van der Waals surface area (Å²) in [6, 6.07) is 6.88. The lowest BCUT2D eigenvalue weighted by Gasteiger charge is -2.25. The lowest BCUT2D eigenvalue weighted by Crippen LogP contribution is -2.39. The highest BCUT2D eigenvalue weighted by molar-refractivity contribution is 8.10. The Bertz CT molecular complexity index is 1750. The zero-order valence-electron chi connectivity index (χ0n) is 19.5. The van der Waals surface area contributed by atoms with Crippen LogP contribution in [0.1, 0.15) is 16.1 Å². The Hall–Kier alpha value is -3.95. The predicted octanol–water partition coefficient (Wildman–Crippen LogP) is 4.84. The van der Waals surface area contributed by atoms with Crippen LogP contribution in [0.15, 0.2) is 76.7 Å². The average Bonchev–Trinajstić information content (AvgIpc) is 2.84. The molecule has 0 saturated carbocycles. The molecule has 0 fully saturated rings. The van der Waals surface area contributed by atoms with Crippen molar-refractivity contribution in [1.29, 1.82) is 0 Å². The SMILES string of the molecule is O=C(Cc1ccnc(Cl)n1)c1cccc(N(S(=O)(=O)c2c(F)cccc2F)S(=O)(=O)c2c(F)cccc2F)c1F. The van der Waals surface area contributed by atoms with Crippen LogP contribution in [-0.2, 0) is 26.5 Å². The summed E-state index contributed by atoms with van der Waals surface area (Å²) in [6.45, 7) is 0. The number of hydrogen-bond acceptors (Lipinski definition) is 7. The summed E-state index contributed by atoms with van der Waals surface area (Å²) < 4.78 is 127. The molecule has 0 saturated heterocycles. The van der Waals surface area contributed by atoms with E-state index >= 15 is 4.39 Å². The molecule has 208 valence electrons. The Morgan fingerprint density at radius 3 is 1.70 bits per heavy atom. The maximum Gasteiger partial charge on any atom is 0.283 e. The number of sulfonamides is 2. The molecule has 0 atom stereocenters. The molecule has 4 aromatic rings. The number of benzene rings is 3. The third kappa shape index (κ3) is 5.26. The summed E-state index contributed by atoms with van der Waals surface area (Å²) >= 11 is 5.67. The Balaban J connectivity index is 1.99. The van der Waals surface area contributed by atoms with Crippen LogP contribution in [-0.4, -0.2) is 32.6 Å². The van der Waals surface area contributed by atoms with Crippen LogP contribution in [0, 0.1) is 29.1 Å². The van der Waals surface area contributed by atoms with Crippen molar-refractivity contribution in [1.82, 2.24) is 9.97 Å². The number of aromatic nitrogens is 2. The monoisotopic (exact) mass is 617 g/mol. The van der Waals surface area contributed by atoms with Crippen LogP contribution in [0.25, 0.3) is 0 Å². The van der Waals surface area contributed by atoms with Crippen molar-refractivity contribution >= 4 is 43.1 Å². The standard InChI is InChI=1S/C24H13ClF5N3O5S2/c25-24-31-11-10-13(32-24)12-20(34)14-4-1-9-19(21(14)30)33(39(35,36)22-15(26)5-2-6-16(22)27)40(37,38)23-17(28)7-3-8-18(23)29/h1-11H,12H2. The highest BCUT2D eigenvalue weighted by atomic mass is 35.5. The van der Waals surface area contributed by atoms with E-state index in [1.807, 2.05) is 0 Å². The number of carbonyl (C=O) groups is 1. The van der Waals surface area contributed by atoms with Crippen LogP contribution in [0.4, 0.5) is 27.6 Å². The van der Waals surface area contributed by atoms with E-state index in [1.165, 1.54) is 12.3 Å². The number of carbonyl (C=O) groups excluding carboxylic acids is 1. The van der Waals surface area contributed by atoms with E-state index in [1.54, 1.807) is 0 Å². The second-order valence-electron chi connectivity index (χ2n) is 7.86. The van der Waals surface area contributed by atoms with E-state index in [2.05, 4.69) is 9.97 Å². The number of anilines is 1. The number of halogens is 6. The minimum atomic E-state index is -6.01. The quantitative estimate of drug-likeness (QED) is 0.158. The van der Waals surface area contributed by atoms with Gasteiger partial charge in [0, 0.05) is 6.20 Å². The first-order valence-electron chi connectivity index (χ1n) is 10.7. The van der Waals surface area contributed by atoms with Crippen molar-refractivity contribution in [2.75, 3.05) is 3.71 Å². The molecule has 0 N–H and O–H groups in total. The third-order valence-corrected chi connectivity index (χ3v) is 9.73. The lowest BCUT2D eigenvalue weighted by molar-refractivity contribution is 0.0988. The summed E-state index contributed by atoms with van der Waals surface area (Å²) in [5.74, 6) is -10.0. The van der Waals surface area contributed by atoms with Crippen LogP contribution >= 0.6 is 11.6 Å². The van der Waals surface area contributed by atoms with Gasteiger partial charge in [0.25, 0.3) is 20.0 Å². The lowest BCUT2D eigenvalue weighted by atomic mass is 10.1. The van der Waals surface area contributed by atoms with Crippen LogP contribution in [0.3, 0.4) is 0 Å². The highest BCUT2D eigenvalue weighted by Crippen LogP contribution is 2.37. The van der Waals surface area contributed by atoms with E-state index in [0.29, 0.717) is 30.3 Å². The molecule has 16 heteroatoms. The van der Waals surface area contributed by atoms with Gasteiger partial charge in [0.15, 0.2) is 21.4 Å². The largest absolute Gasteiger partial charge is 0.294 e. The first kappa shape index (κ1) is 29.0. The molecule has 0 spiro atoms. The second kappa shape index (κ2) is 10.9.